The first kappa shape index (κ1) is 39.0. The van der Waals surface area contributed by atoms with Gasteiger partial charge in [0.05, 0.1) is 0 Å². The van der Waals surface area contributed by atoms with Crippen molar-refractivity contribution in [2.45, 2.75) is 45.4 Å². The number of nitrogens with zero attached hydrogens (tertiary/aromatic N) is 4. The Morgan fingerprint density at radius 2 is 1.25 bits per heavy atom. The van der Waals surface area contributed by atoms with Crippen LogP contribution in [-0.2, 0) is 42.4 Å². The second-order valence-electron chi connectivity index (χ2n) is 17.4. The van der Waals surface area contributed by atoms with Crippen LogP contribution in [0.4, 0.5) is 0 Å². The van der Waals surface area contributed by atoms with Gasteiger partial charge in [0.15, 0.2) is 0 Å². The number of ether oxygens (including phenoxy) is 1. The molecule has 310 valence electrons. The summed E-state index contributed by atoms with van der Waals surface area (Å²) in [7, 11) is 0. The van der Waals surface area contributed by atoms with E-state index in [1.807, 2.05) is 12.3 Å². The monoisotopic (exact) mass is 999 g/mol. The van der Waals surface area contributed by atoms with Crippen molar-refractivity contribution in [2.75, 3.05) is 0 Å². The number of para-hydroxylation sites is 3. The number of hydrogen-bond donors (Lipinski definition) is 0. The topological polar surface area (TPSA) is 54.0 Å². The molecule has 0 saturated heterocycles. The van der Waals surface area contributed by atoms with Gasteiger partial charge in [-0.3, -0.25) is 0 Å². The first-order valence-corrected chi connectivity index (χ1v) is 22.6. The maximum atomic E-state index is 13.0. The van der Waals surface area contributed by atoms with Gasteiger partial charge in [-0.05, 0) is 17.0 Å². The van der Waals surface area contributed by atoms with E-state index in [4.69, 9.17) is 9.72 Å². The molecule has 0 fully saturated rings. The molecule has 11 rings (SSSR count). The molecule has 7 aromatic carbocycles. The number of carbonyl (C=O) groups is 1. The van der Waals surface area contributed by atoms with Crippen LogP contribution in [0.5, 0.6) is 11.5 Å². The van der Waals surface area contributed by atoms with Gasteiger partial charge in [0, 0.05) is 6.20 Å². The van der Waals surface area contributed by atoms with Crippen LogP contribution in [0, 0.1) is 3.80 Å². The van der Waals surface area contributed by atoms with Crippen molar-refractivity contribution in [1.29, 1.82) is 0 Å². The van der Waals surface area contributed by atoms with Gasteiger partial charge in [-0.1, -0.05) is 32.9 Å². The summed E-state index contributed by atoms with van der Waals surface area (Å²) in [4.78, 5) is 17.9. The first-order valence-electron chi connectivity index (χ1n) is 21.5. The van der Waals surface area contributed by atoms with Gasteiger partial charge in [0.2, 0.25) is 0 Å². The van der Waals surface area contributed by atoms with Crippen molar-refractivity contribution in [3.05, 3.63) is 197 Å². The summed E-state index contributed by atoms with van der Waals surface area (Å²) in [6.07, 6.45) is 3.62. The number of pyridine rings is 1. The molecule has 0 aliphatic heterocycles. The van der Waals surface area contributed by atoms with E-state index in [0.29, 0.717) is 25.0 Å². The molecular formula is C56H44N4O2Pt. The zero-order valence-corrected chi connectivity index (χ0v) is 37.6. The minimum absolute atomic E-state index is 0.0194. The number of fused-ring (bicyclic) bond motifs is 5. The Morgan fingerprint density at radius 3 is 2.02 bits per heavy atom. The third kappa shape index (κ3) is 6.81. The van der Waals surface area contributed by atoms with Crippen LogP contribution < -0.4 is 4.74 Å². The van der Waals surface area contributed by atoms with Crippen LogP contribution >= 0.6 is 0 Å². The molecule has 7 heteroatoms. The van der Waals surface area contributed by atoms with Gasteiger partial charge in [-0.25, -0.2) is 0 Å². The molecule has 3 heterocycles. The van der Waals surface area contributed by atoms with Crippen molar-refractivity contribution in [2.24, 2.45) is 0 Å². The molecule has 0 spiro atoms. The van der Waals surface area contributed by atoms with Crippen LogP contribution in [0.15, 0.2) is 176 Å². The summed E-state index contributed by atoms with van der Waals surface area (Å²) >= 11 is 2.50. The second kappa shape index (κ2) is 15.5. The summed E-state index contributed by atoms with van der Waals surface area (Å²) in [6.45, 7) is 6.70. The summed E-state index contributed by atoms with van der Waals surface area (Å²) in [5.74, 6) is 2.65. The SMILES string of the molecule is CC(C)(C)c1ccnc(-n2c3ccccc3c3ccc(Oc4cccc(-n5[c](=[Pt])n(-c6c(-c7ccccc7)cc7c(c6-c6ccccc6)CCC(=O)C7)c6ccccc65)c4)cc32)c1. The van der Waals surface area contributed by atoms with Gasteiger partial charge < -0.3 is 0 Å². The standard InChI is InChI=1S/C56H44N4O2.Pt/c1-56(2,3)40-29-30-57-53(33-40)60-49-22-11-10-21-46(49)47-28-26-44(35-52(47)60)62-43-20-14-19-41(34-43)58-36-59(51-24-13-12-23-50(51)58)55-48(37-15-6-4-7-16-37)32-39-31-42(61)25-27-45(39)54(55)38-17-8-5-9-18-38;/h4-24,26,28-30,32-35H,25,27,31H2,1-3H3;. The zero-order valence-electron chi connectivity index (χ0n) is 35.3. The number of benzene rings is 7. The molecule has 1 aliphatic carbocycles. The third-order valence-corrected chi connectivity index (χ3v) is 13.4. The van der Waals surface area contributed by atoms with Crippen molar-refractivity contribution in [3.63, 3.8) is 0 Å². The molecule has 6 nitrogen and oxygen atoms in total. The fraction of sp³-hybridized carbons (Fsp3) is 0.125. The number of hydrogen-bond acceptors (Lipinski definition) is 3. The van der Waals surface area contributed by atoms with Gasteiger partial charge >= 0.3 is 323 Å². The molecule has 63 heavy (non-hydrogen) atoms. The van der Waals surface area contributed by atoms with Crippen molar-refractivity contribution < 1.29 is 28.9 Å². The number of ketones is 1. The van der Waals surface area contributed by atoms with E-state index in [0.717, 1.165) is 82.2 Å². The van der Waals surface area contributed by atoms with E-state index in [1.54, 1.807) is 0 Å². The van der Waals surface area contributed by atoms with Gasteiger partial charge in [0.25, 0.3) is 0 Å². The van der Waals surface area contributed by atoms with E-state index < -0.39 is 0 Å². The molecule has 0 bridgehead atoms. The molecule has 0 radical (unpaired) electrons. The summed E-state index contributed by atoms with van der Waals surface area (Å²) < 4.78 is 14.8. The van der Waals surface area contributed by atoms with Crippen LogP contribution in [0.25, 0.3) is 72.3 Å². The van der Waals surface area contributed by atoms with E-state index in [9.17, 15) is 4.79 Å². The van der Waals surface area contributed by atoms with Crippen LogP contribution in [0.3, 0.4) is 0 Å². The summed E-state index contributed by atoms with van der Waals surface area (Å²) in [6, 6.07) is 59.7. The Kier molecular flexibility index (Phi) is 9.58. The normalized spacial score (nSPS) is 12.9. The Morgan fingerprint density at radius 1 is 0.587 bits per heavy atom. The fourth-order valence-corrected chi connectivity index (χ4v) is 10.5. The van der Waals surface area contributed by atoms with Crippen LogP contribution in [-0.4, -0.2) is 24.5 Å². The number of Topliss-reactive ketones (excluding diaryl/α,β-unsaturated/α-hetero) is 1. The van der Waals surface area contributed by atoms with Crippen molar-refractivity contribution >= 4 is 38.6 Å². The zero-order chi connectivity index (χ0) is 42.8. The molecule has 0 amide bonds. The average Bonchev–Trinajstić information content (AvgIpc) is 3.79. The Bertz CT molecular complexity index is 3480. The van der Waals surface area contributed by atoms with Gasteiger partial charge in [0.1, 0.15) is 0 Å². The quantitative estimate of drug-likeness (QED) is 0.160. The van der Waals surface area contributed by atoms with Gasteiger partial charge in [-0.2, -0.15) is 0 Å². The Hall–Kier alpha value is -6.88. The molecular weight excluding hydrogens is 956 g/mol. The number of imidazole rings is 1. The number of aromatic nitrogens is 4. The van der Waals surface area contributed by atoms with Crippen LogP contribution in [0.2, 0.25) is 0 Å². The fourth-order valence-electron chi connectivity index (χ4n) is 9.42. The summed E-state index contributed by atoms with van der Waals surface area (Å²) in [5.41, 5.74) is 14.5. The maximum absolute atomic E-state index is 13.0. The Labute approximate surface area is 377 Å². The number of carbonyl (C=O) groups excluding carboxylic acids is 1. The molecule has 1 aliphatic rings. The molecule has 3 aromatic heterocycles. The minimum atomic E-state index is -0.0194. The summed E-state index contributed by atoms with van der Waals surface area (Å²) in [5, 5.41) is 2.32. The molecule has 0 N–H and O–H groups in total. The van der Waals surface area contributed by atoms with Crippen molar-refractivity contribution in [3.8, 4) is 50.9 Å². The predicted octanol–water partition coefficient (Wildman–Crippen LogP) is 13.5. The van der Waals surface area contributed by atoms with Crippen LogP contribution in [0.1, 0.15) is 43.9 Å². The average molecular weight is 1000 g/mol. The first-order chi connectivity index (χ1) is 30.7. The Balaban J connectivity index is 1.07. The van der Waals surface area contributed by atoms with Gasteiger partial charge in [-0.15, -0.1) is 0 Å². The molecule has 0 saturated carbocycles. The number of rotatable bonds is 7. The second-order valence-corrected chi connectivity index (χ2v) is 18.4. The van der Waals surface area contributed by atoms with E-state index in [-0.39, 0.29) is 5.41 Å². The van der Waals surface area contributed by atoms with E-state index >= 15 is 0 Å². The predicted molar refractivity (Wildman–Crippen MR) is 251 cm³/mol. The third-order valence-electron chi connectivity index (χ3n) is 12.4. The molecule has 0 unspecified atom stereocenters. The van der Waals surface area contributed by atoms with Crippen molar-refractivity contribution in [1.82, 2.24) is 18.7 Å². The molecule has 0 atom stereocenters. The molecule has 10 aromatic rings. The van der Waals surface area contributed by atoms with E-state index in [2.05, 4.69) is 218 Å². The van der Waals surface area contributed by atoms with E-state index in [1.165, 1.54) is 22.1 Å².